The van der Waals surface area contributed by atoms with E-state index in [0.29, 0.717) is 95.8 Å². The van der Waals surface area contributed by atoms with Crippen molar-refractivity contribution in [2.75, 3.05) is 0 Å². The SMILES string of the molecule is C.CC(C)O.CC(C)OCc1cc(-c2noc([C@H](C)N)n2)ccn1.CC(C)OCc1cc(-c2noc([C@H](C)NC(=O)OC(C)(C)C)n2)ccn1.CC(C)OCc1cc(-c2noc([C@H](C)NC(=O)c3cc(C(F)(F)F)nn3C)n2)ccn1.CC(C)OCc1cc(/C(N)=N/O)ccn1.CC(C)OCc1cc(C#N)ccn1.C[C@H](NC(=O)OC(C)(C)C)C(=O)O.Cl.Cl.N#Cc1ccnc(CBr)c1.NO. The number of carboxylic acid groups (broad SMARTS) is 1. The summed E-state index contributed by atoms with van der Waals surface area (Å²) in [6, 6.07) is 23.4. The first kappa shape index (κ1) is 126. The van der Waals surface area contributed by atoms with Gasteiger partial charge in [-0.2, -0.15) is 43.7 Å². The normalized spacial score (nSPS) is 11.7. The summed E-state index contributed by atoms with van der Waals surface area (Å²) < 4.78 is 92.2. The zero-order valence-electron chi connectivity index (χ0n) is 79.7. The van der Waals surface area contributed by atoms with Crippen molar-refractivity contribution in [1.29, 1.82) is 10.5 Å². The highest BCUT2D eigenvalue weighted by molar-refractivity contribution is 9.08. The first-order chi connectivity index (χ1) is 62.4. The number of nitriles is 2. The van der Waals surface area contributed by atoms with Gasteiger partial charge in [0.15, 0.2) is 11.5 Å². The number of rotatable bonds is 28. The van der Waals surface area contributed by atoms with Crippen LogP contribution >= 0.6 is 40.7 Å². The van der Waals surface area contributed by atoms with Crippen LogP contribution in [0.3, 0.4) is 0 Å². The Kier molecular flexibility index (Phi) is 59.8. The summed E-state index contributed by atoms with van der Waals surface area (Å²) in [4.78, 5) is 83.3. The van der Waals surface area contributed by atoms with E-state index >= 15 is 0 Å². The van der Waals surface area contributed by atoms with Crippen LogP contribution in [0.5, 0.6) is 0 Å². The topological polar surface area (TPSA) is 600 Å². The minimum absolute atomic E-state index is 0. The van der Waals surface area contributed by atoms with E-state index in [1.165, 1.54) is 14.0 Å². The molecule has 13 N–H and O–H groups in total. The molecular formula is C89H129BrCl2F3N23O18. The van der Waals surface area contributed by atoms with Crippen molar-refractivity contribution < 1.29 is 99.7 Å². The summed E-state index contributed by atoms with van der Waals surface area (Å²) in [5, 5.41) is 74.7. The number of aryl methyl sites for hydroxylation is 1. The van der Waals surface area contributed by atoms with Gasteiger partial charge in [-0.15, -0.1) is 24.8 Å². The van der Waals surface area contributed by atoms with E-state index < -0.39 is 65.3 Å². The first-order valence-corrected chi connectivity index (χ1v) is 42.5. The predicted octanol–water partition coefficient (Wildman–Crippen LogP) is 16.0. The number of carbonyl (C=O) groups is 4. The largest absolute Gasteiger partial charge is 0.480 e. The zero-order chi connectivity index (χ0) is 100. The van der Waals surface area contributed by atoms with Crippen molar-refractivity contribution in [3.05, 3.63) is 196 Å². The van der Waals surface area contributed by atoms with Crippen LogP contribution in [0.2, 0.25) is 0 Å². The van der Waals surface area contributed by atoms with Gasteiger partial charge < -0.3 is 94.8 Å². The van der Waals surface area contributed by atoms with Crippen molar-refractivity contribution >= 4 is 70.6 Å². The third-order valence-corrected chi connectivity index (χ3v) is 15.9. The van der Waals surface area contributed by atoms with E-state index in [0.717, 1.165) is 44.3 Å². The number of ether oxygens (including phenoxy) is 7. The molecule has 0 radical (unpaired) electrons. The van der Waals surface area contributed by atoms with Crippen LogP contribution in [-0.2, 0) is 89.5 Å². The quantitative estimate of drug-likeness (QED) is 0.00716. The van der Waals surface area contributed by atoms with Crippen LogP contribution in [0, 0.1) is 22.7 Å². The summed E-state index contributed by atoms with van der Waals surface area (Å²) in [5.41, 5.74) is 17.5. The molecular weight excluding hydrogens is 1890 g/mol. The highest BCUT2D eigenvalue weighted by Crippen LogP contribution is 2.30. The van der Waals surface area contributed by atoms with Crippen molar-refractivity contribution in [3.8, 4) is 46.3 Å². The second-order valence-corrected chi connectivity index (χ2v) is 32.5. The Bertz CT molecular complexity index is 5250. The smallest absolute Gasteiger partial charge is 0.435 e. The standard InChI is InChI=1S/C19H21F3N6O3.C18H26N4O4.C13H18N4O2.C10H15N3O2.C10H12N2O.C8H15NO4.C7H5BrN2.C3H8O.CH4.2ClH.H3NO/c1-10(2)30-9-13-7-12(5-6-23-13)16-25-18(31-27-16)11(3)24-17(29)14-8-15(19(20,21)22)26-28(14)4;1-11(2)24-10-14-9-13(7-8-19-14)15-21-16(26-22-15)12(3)20-17(23)25-18(4,5)6;1-8(2)18-7-11-6-10(4-5-15-11)12-16-13(9(3)14)19-17-12;1-7(2)15-6-9-5-8(3-4-12-9)10(11)13-14;1-8(2)13-7-10-5-9(6-11)3-4-12-10;1-5(6(10)11)9-7(12)13-8(2,3)4;8-4-7-3-6(5-9)1-2-10-7;1-3(2)4;;;;1-2/h5-8,10-11H,9H2,1-4H3,(H,24,29);7-9,11-12H,10H2,1-6H3,(H,20,23);4-6,8-9H,7,14H2,1-3H3;3-5,7,14H,6H2,1-2H3,(H2,11,13);3-5,8H,7H2,1-2H3;5H,1-4H3,(H,9,12)(H,10,11);1-3H,4H2;3-4H,1-2H3;1H4;2*1H;2H,1H2/t11-;12-;9-;;;5-;;;;;;/m000..0....../s1. The van der Waals surface area contributed by atoms with Crippen LogP contribution in [0.25, 0.3) is 34.2 Å². The van der Waals surface area contributed by atoms with Gasteiger partial charge in [0.2, 0.25) is 35.1 Å². The highest BCUT2D eigenvalue weighted by Gasteiger charge is 2.36. The summed E-state index contributed by atoms with van der Waals surface area (Å²) in [7, 11) is 1.25. The lowest BCUT2D eigenvalue weighted by Crippen LogP contribution is -2.41. The minimum atomic E-state index is -4.65. The Morgan fingerprint density at radius 1 is 0.515 bits per heavy atom. The van der Waals surface area contributed by atoms with E-state index in [4.69, 9.17) is 89.3 Å². The molecule has 41 nitrogen and oxygen atoms in total. The average molecular weight is 2020 g/mol. The molecule has 10 rings (SSSR count). The molecule has 0 aliphatic rings. The average Bonchev–Trinajstić information content (AvgIpc) is 1.66. The number of nitrogens with two attached hydrogens (primary N) is 3. The van der Waals surface area contributed by atoms with Gasteiger partial charge in [-0.05, 0) is 225 Å². The Hall–Kier alpha value is -12.3. The number of aliphatic carboxylic acids is 1. The third kappa shape index (κ3) is 52.6. The molecule has 10 aromatic rings. The van der Waals surface area contributed by atoms with Gasteiger partial charge >= 0.3 is 24.3 Å². The molecule has 0 fully saturated rings. The second-order valence-electron chi connectivity index (χ2n) is 31.9. The molecule has 3 amide bonds. The minimum Gasteiger partial charge on any atom is -0.480 e. The maximum absolute atomic E-state index is 12.8. The Balaban J connectivity index is 0. The number of alkyl halides is 4. The van der Waals surface area contributed by atoms with Gasteiger partial charge in [0.05, 0.1) is 127 Å². The lowest BCUT2D eigenvalue weighted by molar-refractivity contribution is -0.141. The van der Waals surface area contributed by atoms with Crippen LogP contribution in [0.4, 0.5) is 22.8 Å². The van der Waals surface area contributed by atoms with Crippen molar-refractivity contribution in [2.45, 2.75) is 276 Å². The lowest BCUT2D eigenvalue weighted by atomic mass is 10.2. The summed E-state index contributed by atoms with van der Waals surface area (Å²) in [6.45, 7) is 42.1. The van der Waals surface area contributed by atoms with Crippen LogP contribution < -0.4 is 33.3 Å². The van der Waals surface area contributed by atoms with Gasteiger partial charge in [0.1, 0.15) is 35.0 Å². The molecule has 0 saturated carbocycles. The molecule has 0 aliphatic carbocycles. The zero-order valence-corrected chi connectivity index (χ0v) is 82.9. The number of aliphatic hydroxyl groups excluding tert-OH is 1. The molecule has 10 heterocycles. The fraction of sp³-hybridized carbons (Fsp3) is 0.483. The number of hydrogen-bond acceptors (Lipinski definition) is 35. The molecule has 0 spiro atoms. The third-order valence-electron chi connectivity index (χ3n) is 15.3. The van der Waals surface area contributed by atoms with Crippen LogP contribution in [0.15, 0.2) is 135 Å². The number of halogens is 6. The maximum Gasteiger partial charge on any atom is 0.435 e. The Morgan fingerprint density at radius 3 is 1.15 bits per heavy atom. The number of amidine groups is 1. The number of nitrogens with zero attached hydrogens (tertiary/aromatic N) is 17. The number of aliphatic hydroxyl groups is 1. The monoisotopic (exact) mass is 2010 g/mol. The lowest BCUT2D eigenvalue weighted by Gasteiger charge is -2.20. The number of pyridine rings is 6. The molecule has 750 valence electrons. The number of nitrogens with one attached hydrogen (secondary N) is 3. The van der Waals surface area contributed by atoms with Gasteiger partial charge in [-0.25, -0.2) is 15.5 Å². The van der Waals surface area contributed by atoms with E-state index in [1.54, 1.807) is 168 Å². The van der Waals surface area contributed by atoms with Crippen LogP contribution in [0.1, 0.15) is 263 Å². The molecule has 0 unspecified atom stereocenters. The van der Waals surface area contributed by atoms with Gasteiger partial charge in [-0.3, -0.25) is 44.2 Å². The predicted molar refractivity (Wildman–Crippen MR) is 505 cm³/mol. The molecule has 10 aromatic heterocycles. The van der Waals surface area contributed by atoms with E-state index in [1.807, 2.05) is 93.5 Å². The molecule has 0 aromatic carbocycles. The van der Waals surface area contributed by atoms with Crippen molar-refractivity contribution in [2.24, 2.45) is 29.6 Å². The number of alkyl carbamates (subject to hydrolysis) is 2. The summed E-state index contributed by atoms with van der Waals surface area (Å²) in [5.74, 6) is 3.76. The second kappa shape index (κ2) is 64.7. The van der Waals surface area contributed by atoms with Gasteiger partial charge in [0.25, 0.3) is 5.91 Å². The molecule has 0 aliphatic heterocycles. The fourth-order valence-corrected chi connectivity index (χ4v) is 9.51. The Labute approximate surface area is 810 Å². The van der Waals surface area contributed by atoms with Crippen LogP contribution in [-0.4, -0.2) is 175 Å². The molecule has 4 atom stereocenters. The fourth-order valence-electron chi connectivity index (χ4n) is 9.21. The molecule has 0 bridgehead atoms. The van der Waals surface area contributed by atoms with Crippen molar-refractivity contribution in [1.82, 2.24) is 86.1 Å². The van der Waals surface area contributed by atoms with E-state index in [-0.39, 0.29) is 98.2 Å². The number of carboxylic acids is 1. The summed E-state index contributed by atoms with van der Waals surface area (Å²) in [6.07, 6.45) is 4.44. The number of amides is 3. The number of oxime groups is 1. The maximum atomic E-state index is 12.8. The molecule has 0 saturated heterocycles. The van der Waals surface area contributed by atoms with E-state index in [9.17, 15) is 32.3 Å². The number of aromatic nitrogens is 14. The van der Waals surface area contributed by atoms with E-state index in [2.05, 4.69) is 114 Å². The summed E-state index contributed by atoms with van der Waals surface area (Å²) >= 11 is 3.25. The van der Waals surface area contributed by atoms with Gasteiger partial charge in [0, 0.05) is 84.0 Å². The number of hydrogen-bond donors (Lipinski definition) is 10. The van der Waals surface area contributed by atoms with Crippen molar-refractivity contribution in [3.63, 3.8) is 0 Å². The van der Waals surface area contributed by atoms with Gasteiger partial charge in [-0.1, -0.05) is 44.0 Å². The highest BCUT2D eigenvalue weighted by atomic mass is 79.9. The molecule has 47 heteroatoms. The Morgan fingerprint density at radius 2 is 0.831 bits per heavy atom. The first-order valence-electron chi connectivity index (χ1n) is 41.4. The number of carbonyl (C=O) groups excluding carboxylic acids is 3. The molecule has 136 heavy (non-hydrogen) atoms.